The fourth-order valence-corrected chi connectivity index (χ4v) is 6.76. The highest BCUT2D eigenvalue weighted by Gasteiger charge is 2.30. The van der Waals surface area contributed by atoms with Gasteiger partial charge in [0.15, 0.2) is 11.5 Å². The van der Waals surface area contributed by atoms with E-state index in [1.54, 1.807) is 12.4 Å². The van der Waals surface area contributed by atoms with Crippen molar-refractivity contribution in [3.63, 3.8) is 0 Å². The summed E-state index contributed by atoms with van der Waals surface area (Å²) < 4.78 is 31.3. The smallest absolute Gasteiger partial charge is 0.226 e. The summed E-state index contributed by atoms with van der Waals surface area (Å²) in [6, 6.07) is 36.8. The normalized spacial score (nSPS) is 12.0. The summed E-state index contributed by atoms with van der Waals surface area (Å²) in [7, 11) is 0. The fraction of sp³-hybridized carbons (Fsp3) is 0. The van der Waals surface area contributed by atoms with Crippen molar-refractivity contribution < 1.29 is 8.83 Å². The van der Waals surface area contributed by atoms with Gasteiger partial charge in [0.1, 0.15) is 22.4 Å². The average molecular weight is 633 g/mol. The molecule has 8 nitrogen and oxygen atoms in total. The second-order valence-corrected chi connectivity index (χ2v) is 11.7. The van der Waals surface area contributed by atoms with Gasteiger partial charge in [0.05, 0.1) is 46.6 Å². The predicted octanol–water partition coefficient (Wildman–Crippen LogP) is 10.4. The minimum absolute atomic E-state index is 0.504. The van der Waals surface area contributed by atoms with Crippen molar-refractivity contribution in [3.8, 4) is 67.8 Å². The molecule has 3 aromatic heterocycles. The maximum absolute atomic E-state index is 6.33. The molecule has 0 radical (unpaired) electrons. The summed E-state index contributed by atoms with van der Waals surface area (Å²) in [6.07, 6.45) is 3.41. The van der Waals surface area contributed by atoms with Crippen molar-refractivity contribution in [3.05, 3.63) is 122 Å². The third-order valence-electron chi connectivity index (χ3n) is 7.91. The molecule has 1 aliphatic heterocycles. The highest BCUT2D eigenvalue weighted by Crippen LogP contribution is 2.52. The first-order valence-corrected chi connectivity index (χ1v) is 15.9. The highest BCUT2D eigenvalue weighted by atomic mass is 32.1. The lowest BCUT2D eigenvalue weighted by molar-refractivity contribution is 0.588. The first-order valence-electron chi connectivity index (χ1n) is 14.4. The molecule has 0 bridgehead atoms. The number of benzene rings is 5. The van der Waals surface area contributed by atoms with Gasteiger partial charge in [-0.15, -0.1) is 0 Å². The van der Waals surface area contributed by atoms with Gasteiger partial charge < -0.3 is 8.83 Å². The van der Waals surface area contributed by atoms with Gasteiger partial charge in [0.2, 0.25) is 11.8 Å². The molecule has 5 aromatic carbocycles. The molecule has 0 spiro atoms. The van der Waals surface area contributed by atoms with E-state index in [1.807, 2.05) is 60.7 Å². The molecule has 4 heterocycles. The Morgan fingerprint density at radius 3 is 1.26 bits per heavy atom. The van der Waals surface area contributed by atoms with E-state index in [4.69, 9.17) is 8.83 Å². The molecule has 0 saturated heterocycles. The zero-order chi connectivity index (χ0) is 30.5. The lowest BCUT2D eigenvalue weighted by Crippen LogP contribution is -1.86. The van der Waals surface area contributed by atoms with Crippen LogP contribution < -0.4 is 0 Å². The van der Waals surface area contributed by atoms with Gasteiger partial charge in [-0.3, -0.25) is 0 Å². The number of nitrogens with zero attached hydrogens (tertiary/aromatic N) is 6. The van der Waals surface area contributed by atoms with Crippen LogP contribution in [0, 0.1) is 0 Å². The second kappa shape index (κ2) is 11.0. The summed E-state index contributed by atoms with van der Waals surface area (Å²) >= 11 is 2.23. The van der Waals surface area contributed by atoms with Crippen molar-refractivity contribution in [1.29, 1.82) is 0 Å². The number of hydrogen-bond acceptors (Lipinski definition) is 9. The quantitative estimate of drug-likeness (QED) is 0.181. The van der Waals surface area contributed by atoms with Gasteiger partial charge in [-0.25, -0.2) is 9.97 Å². The third-order valence-corrected chi connectivity index (χ3v) is 8.96. The van der Waals surface area contributed by atoms with Crippen molar-refractivity contribution in [2.45, 2.75) is 0 Å². The molecule has 0 fully saturated rings. The first-order chi connectivity index (χ1) is 22.8. The SMILES string of the molecule is c1ccc(-c2ccc(-c3ncc(-c4c5c(c(-c6cnc(-c7ccc(-c8ccccc8)cc7)o6)c6nsnc46)N=S=N5)o3)cc2)cc1. The minimum Gasteiger partial charge on any atom is -0.436 e. The van der Waals surface area contributed by atoms with Crippen LogP contribution in [0.15, 0.2) is 139 Å². The Morgan fingerprint density at radius 2 is 0.826 bits per heavy atom. The minimum atomic E-state index is 0.504. The predicted molar refractivity (Wildman–Crippen MR) is 182 cm³/mol. The highest BCUT2D eigenvalue weighted by molar-refractivity contribution is 7.58. The molecule has 218 valence electrons. The first kappa shape index (κ1) is 26.6. The largest absolute Gasteiger partial charge is 0.436 e. The van der Waals surface area contributed by atoms with E-state index >= 15 is 0 Å². The van der Waals surface area contributed by atoms with Crippen LogP contribution in [0.2, 0.25) is 0 Å². The van der Waals surface area contributed by atoms with Gasteiger partial charge in [-0.2, -0.15) is 17.5 Å². The Bertz CT molecular complexity index is 2280. The molecule has 9 rings (SSSR count). The van der Waals surface area contributed by atoms with Gasteiger partial charge in [-0.1, -0.05) is 84.9 Å². The van der Waals surface area contributed by atoms with Crippen LogP contribution in [0.4, 0.5) is 11.4 Å². The van der Waals surface area contributed by atoms with Crippen LogP contribution in [-0.4, -0.2) is 18.7 Å². The third kappa shape index (κ3) is 4.50. The van der Waals surface area contributed by atoms with Gasteiger partial charge >= 0.3 is 0 Å². The topological polar surface area (TPSA) is 103 Å². The van der Waals surface area contributed by atoms with Crippen LogP contribution in [0.5, 0.6) is 0 Å². The van der Waals surface area contributed by atoms with E-state index in [1.165, 1.54) is 0 Å². The van der Waals surface area contributed by atoms with Gasteiger partial charge in [-0.05, 0) is 46.5 Å². The van der Waals surface area contributed by atoms with Crippen LogP contribution >= 0.6 is 11.7 Å². The van der Waals surface area contributed by atoms with E-state index < -0.39 is 0 Å². The monoisotopic (exact) mass is 632 g/mol. The number of rotatable bonds is 6. The molecule has 0 saturated carbocycles. The number of fused-ring (bicyclic) bond motifs is 2. The average Bonchev–Trinajstić information content (AvgIpc) is 3.96. The van der Waals surface area contributed by atoms with E-state index in [0.29, 0.717) is 56.8 Å². The Kier molecular flexibility index (Phi) is 6.32. The fourth-order valence-electron chi connectivity index (χ4n) is 5.64. The maximum Gasteiger partial charge on any atom is 0.226 e. The Labute approximate surface area is 270 Å². The van der Waals surface area contributed by atoms with Crippen LogP contribution in [0.3, 0.4) is 0 Å². The maximum atomic E-state index is 6.33. The zero-order valence-electron chi connectivity index (χ0n) is 23.9. The molecule has 0 amide bonds. The molecule has 0 N–H and O–H groups in total. The van der Waals surface area contributed by atoms with Crippen LogP contribution in [0.25, 0.3) is 78.8 Å². The molecule has 0 atom stereocenters. The molecule has 46 heavy (non-hydrogen) atoms. The number of aromatic nitrogens is 4. The summed E-state index contributed by atoms with van der Waals surface area (Å²) in [5, 5.41) is 0. The molecular formula is C36H20N6O2S2. The number of hydrogen-bond donors (Lipinski definition) is 0. The summed E-state index contributed by atoms with van der Waals surface area (Å²) in [5.74, 6) is 2.09. The lowest BCUT2D eigenvalue weighted by Gasteiger charge is -2.08. The number of oxazole rings is 2. The van der Waals surface area contributed by atoms with Crippen LogP contribution in [0.1, 0.15) is 0 Å². The molecule has 0 unspecified atom stereocenters. The molecule has 1 aliphatic rings. The van der Waals surface area contributed by atoms with Crippen molar-refractivity contribution >= 4 is 45.5 Å². The zero-order valence-corrected chi connectivity index (χ0v) is 25.5. The lowest BCUT2D eigenvalue weighted by atomic mass is 10.0. The molecule has 10 heteroatoms. The van der Waals surface area contributed by atoms with Crippen molar-refractivity contribution in [2.75, 3.05) is 0 Å². The second-order valence-electron chi connectivity index (χ2n) is 10.6. The van der Waals surface area contributed by atoms with E-state index in [-0.39, 0.29) is 0 Å². The Hall–Kier alpha value is -5.84. The van der Waals surface area contributed by atoms with Crippen molar-refractivity contribution in [2.24, 2.45) is 8.73 Å². The molecule has 8 aromatic rings. The van der Waals surface area contributed by atoms with E-state index in [2.05, 4.69) is 76.0 Å². The van der Waals surface area contributed by atoms with E-state index in [0.717, 1.165) is 56.5 Å². The van der Waals surface area contributed by atoms with E-state index in [9.17, 15) is 0 Å². The summed E-state index contributed by atoms with van der Waals surface area (Å²) in [4.78, 5) is 9.21. The molecular weight excluding hydrogens is 613 g/mol. The van der Waals surface area contributed by atoms with Crippen LogP contribution in [-0.2, 0) is 11.4 Å². The molecule has 0 aliphatic carbocycles. The summed E-state index contributed by atoms with van der Waals surface area (Å²) in [6.45, 7) is 0. The standard InChI is InChI=1S/C36H20N6O2S2/c1-3-7-21(8-4-1)23-11-15-25(16-12-23)35-37-19-27(43-35)29-31-33(41-45-39-31)30(34-32(29)40-46-42-34)28-20-38-36(44-28)26-17-13-24(14-18-26)22-9-5-2-6-10-22/h1-20H. The van der Waals surface area contributed by atoms with Crippen molar-refractivity contribution in [1.82, 2.24) is 18.7 Å². The summed E-state index contributed by atoms with van der Waals surface area (Å²) in [5.41, 5.74) is 10.3. The van der Waals surface area contributed by atoms with Gasteiger partial charge in [0.25, 0.3) is 0 Å². The Morgan fingerprint density at radius 1 is 0.435 bits per heavy atom. The Balaban J connectivity index is 1.07. The van der Waals surface area contributed by atoms with Gasteiger partial charge in [0, 0.05) is 11.1 Å².